The van der Waals surface area contributed by atoms with Crippen LogP contribution in [0.5, 0.6) is 11.5 Å². The Hall–Kier alpha value is -2.31. The highest BCUT2D eigenvalue weighted by Gasteiger charge is 2.42. The summed E-state index contributed by atoms with van der Waals surface area (Å²) in [5.41, 5.74) is -1.19. The molecule has 0 radical (unpaired) electrons. The number of hydrogen-bond donors (Lipinski definition) is 2. The van der Waals surface area contributed by atoms with Crippen LogP contribution in [-0.2, 0) is 4.79 Å². The minimum atomic E-state index is -1.19. The monoisotopic (exact) mass is 268 g/mol. The summed E-state index contributed by atoms with van der Waals surface area (Å²) in [6, 6.07) is 3.22. The van der Waals surface area contributed by atoms with Gasteiger partial charge in [-0.25, -0.2) is 9.18 Å². The smallest absolute Gasteiger partial charge is 0.322 e. The molecule has 1 aromatic carbocycles. The highest BCUT2D eigenvalue weighted by atomic mass is 19.1. The van der Waals surface area contributed by atoms with Crippen LogP contribution < -0.4 is 20.1 Å². The number of benzene rings is 1. The first-order chi connectivity index (χ1) is 8.94. The lowest BCUT2D eigenvalue weighted by molar-refractivity contribution is -0.124. The van der Waals surface area contributed by atoms with Crippen molar-refractivity contribution in [1.82, 2.24) is 10.6 Å². The maximum absolute atomic E-state index is 13.1. The molecule has 102 valence electrons. The molecule has 0 aliphatic carbocycles. The van der Waals surface area contributed by atoms with Gasteiger partial charge >= 0.3 is 6.03 Å². The normalized spacial score (nSPS) is 21.8. The molecule has 0 spiro atoms. The number of rotatable bonds is 4. The van der Waals surface area contributed by atoms with Crippen molar-refractivity contribution in [2.24, 2.45) is 0 Å². The van der Waals surface area contributed by atoms with E-state index in [9.17, 15) is 14.0 Å². The number of carbonyl (C=O) groups is 2. The molecule has 0 saturated carbocycles. The molecule has 19 heavy (non-hydrogen) atoms. The molecule has 1 aliphatic heterocycles. The molecule has 1 saturated heterocycles. The Morgan fingerprint density at radius 1 is 1.32 bits per heavy atom. The van der Waals surface area contributed by atoms with Crippen LogP contribution in [0.4, 0.5) is 9.18 Å². The van der Waals surface area contributed by atoms with Crippen LogP contribution >= 0.6 is 0 Å². The van der Waals surface area contributed by atoms with E-state index in [-0.39, 0.29) is 12.4 Å². The van der Waals surface area contributed by atoms with Gasteiger partial charge in [-0.15, -0.1) is 0 Å². The van der Waals surface area contributed by atoms with Crippen LogP contribution in [0, 0.1) is 5.82 Å². The molecule has 1 aromatic rings. The van der Waals surface area contributed by atoms with Crippen molar-refractivity contribution in [2.45, 2.75) is 12.5 Å². The van der Waals surface area contributed by atoms with E-state index < -0.39 is 23.3 Å². The number of hydrogen-bond acceptors (Lipinski definition) is 4. The van der Waals surface area contributed by atoms with Crippen molar-refractivity contribution >= 4 is 11.9 Å². The Morgan fingerprint density at radius 2 is 2.05 bits per heavy atom. The quantitative estimate of drug-likeness (QED) is 0.792. The first-order valence-electron chi connectivity index (χ1n) is 5.54. The summed E-state index contributed by atoms with van der Waals surface area (Å²) in [4.78, 5) is 22.6. The molecule has 1 heterocycles. The second-order valence-electron chi connectivity index (χ2n) is 4.32. The summed E-state index contributed by atoms with van der Waals surface area (Å²) in [7, 11) is 1.42. The summed E-state index contributed by atoms with van der Waals surface area (Å²) in [6.45, 7) is 1.38. The van der Waals surface area contributed by atoms with E-state index in [1.165, 1.54) is 26.2 Å². The van der Waals surface area contributed by atoms with Gasteiger partial charge in [0.25, 0.3) is 5.91 Å². The van der Waals surface area contributed by atoms with E-state index >= 15 is 0 Å². The van der Waals surface area contributed by atoms with Crippen molar-refractivity contribution in [2.75, 3.05) is 13.7 Å². The van der Waals surface area contributed by atoms with Crippen LogP contribution in [0.2, 0.25) is 0 Å². The molecular weight excluding hydrogens is 255 g/mol. The van der Waals surface area contributed by atoms with E-state index in [1.54, 1.807) is 0 Å². The lowest BCUT2D eigenvalue weighted by Gasteiger charge is -2.21. The second-order valence-corrected chi connectivity index (χ2v) is 4.32. The second kappa shape index (κ2) is 4.75. The molecule has 1 atom stereocenters. The van der Waals surface area contributed by atoms with Gasteiger partial charge in [0, 0.05) is 6.07 Å². The Bertz CT molecular complexity index is 534. The zero-order chi connectivity index (χ0) is 14.0. The van der Waals surface area contributed by atoms with Crippen molar-refractivity contribution in [1.29, 1.82) is 0 Å². The zero-order valence-corrected chi connectivity index (χ0v) is 10.5. The fraction of sp³-hybridized carbons (Fsp3) is 0.333. The van der Waals surface area contributed by atoms with Gasteiger partial charge in [-0.2, -0.15) is 0 Å². The van der Waals surface area contributed by atoms with Crippen LogP contribution in [0.25, 0.3) is 0 Å². The summed E-state index contributed by atoms with van der Waals surface area (Å²) in [5.74, 6) is -0.471. The summed E-state index contributed by atoms with van der Waals surface area (Å²) >= 11 is 0. The highest BCUT2D eigenvalue weighted by molar-refractivity contribution is 6.06. The minimum Gasteiger partial charge on any atom is -0.493 e. The number of carbonyl (C=O) groups excluding carboxylic acids is 2. The Balaban J connectivity index is 2.12. The minimum absolute atomic E-state index is 0.135. The number of halogens is 1. The predicted octanol–water partition coefficient (Wildman–Crippen LogP) is 0.811. The number of nitrogens with one attached hydrogen (secondary N) is 2. The molecular formula is C12H13FN2O4. The van der Waals surface area contributed by atoms with Gasteiger partial charge < -0.3 is 14.8 Å². The van der Waals surface area contributed by atoms with Crippen LogP contribution in [0.1, 0.15) is 6.92 Å². The average Bonchev–Trinajstić information content (AvgIpc) is 2.61. The van der Waals surface area contributed by atoms with E-state index in [1.807, 2.05) is 0 Å². The molecule has 6 nitrogen and oxygen atoms in total. The highest BCUT2D eigenvalue weighted by Crippen LogP contribution is 2.28. The van der Waals surface area contributed by atoms with Gasteiger partial charge in [-0.3, -0.25) is 10.1 Å². The van der Waals surface area contributed by atoms with Crippen molar-refractivity contribution in [3.8, 4) is 11.5 Å². The molecule has 0 bridgehead atoms. The van der Waals surface area contributed by atoms with Crippen LogP contribution in [0.15, 0.2) is 18.2 Å². The Morgan fingerprint density at radius 3 is 2.63 bits per heavy atom. The number of methoxy groups -OCH3 is 1. The van der Waals surface area contributed by atoms with Gasteiger partial charge in [-0.1, -0.05) is 0 Å². The van der Waals surface area contributed by atoms with E-state index in [4.69, 9.17) is 9.47 Å². The fourth-order valence-electron chi connectivity index (χ4n) is 1.67. The molecule has 0 aromatic heterocycles. The molecule has 2 N–H and O–H groups in total. The van der Waals surface area contributed by atoms with Crippen molar-refractivity contribution < 1.29 is 23.5 Å². The van der Waals surface area contributed by atoms with Crippen molar-refractivity contribution in [3.05, 3.63) is 24.0 Å². The molecule has 1 fully saturated rings. The lowest BCUT2D eigenvalue weighted by Crippen LogP contribution is -2.48. The molecule has 2 rings (SSSR count). The third kappa shape index (κ3) is 2.59. The average molecular weight is 268 g/mol. The molecule has 1 aliphatic rings. The van der Waals surface area contributed by atoms with Gasteiger partial charge in [0.15, 0.2) is 17.0 Å². The van der Waals surface area contributed by atoms with E-state index in [2.05, 4.69) is 10.6 Å². The summed E-state index contributed by atoms with van der Waals surface area (Å²) in [6.07, 6.45) is 0. The Labute approximate surface area is 108 Å². The standard InChI is InChI=1S/C12H13FN2O4/c1-12(10(16)14-11(17)15-12)6-19-9-5-7(13)3-4-8(9)18-2/h3-5H,6H2,1-2H3,(H2,14,15,16,17). The molecule has 1 unspecified atom stereocenters. The van der Waals surface area contributed by atoms with Gasteiger partial charge in [0.2, 0.25) is 0 Å². The van der Waals surface area contributed by atoms with E-state index in [0.29, 0.717) is 5.75 Å². The lowest BCUT2D eigenvalue weighted by atomic mass is 10.1. The number of imide groups is 1. The summed E-state index contributed by atoms with van der Waals surface area (Å²) < 4.78 is 23.5. The zero-order valence-electron chi connectivity index (χ0n) is 10.5. The third-order valence-electron chi connectivity index (χ3n) is 2.76. The SMILES string of the molecule is COc1ccc(F)cc1OCC1(C)NC(=O)NC1=O. The van der Waals surface area contributed by atoms with Gasteiger partial charge in [0.1, 0.15) is 12.4 Å². The largest absolute Gasteiger partial charge is 0.493 e. The van der Waals surface area contributed by atoms with Gasteiger partial charge in [0.05, 0.1) is 7.11 Å². The molecule has 7 heteroatoms. The predicted molar refractivity (Wildman–Crippen MR) is 63.5 cm³/mol. The van der Waals surface area contributed by atoms with Crippen LogP contribution in [0.3, 0.4) is 0 Å². The maximum Gasteiger partial charge on any atom is 0.322 e. The summed E-state index contributed by atoms with van der Waals surface area (Å²) in [5, 5.41) is 4.55. The van der Waals surface area contributed by atoms with E-state index in [0.717, 1.165) is 6.07 Å². The van der Waals surface area contributed by atoms with Crippen LogP contribution in [-0.4, -0.2) is 31.2 Å². The third-order valence-corrected chi connectivity index (χ3v) is 2.76. The first kappa shape index (κ1) is 13.1. The number of amides is 3. The topological polar surface area (TPSA) is 76.7 Å². The Kier molecular flexibility index (Phi) is 3.28. The molecule has 3 amide bonds. The number of urea groups is 1. The first-order valence-corrected chi connectivity index (χ1v) is 5.54. The number of ether oxygens (including phenoxy) is 2. The fourth-order valence-corrected chi connectivity index (χ4v) is 1.67. The van der Waals surface area contributed by atoms with Gasteiger partial charge in [-0.05, 0) is 19.1 Å². The maximum atomic E-state index is 13.1. The van der Waals surface area contributed by atoms with Crippen molar-refractivity contribution in [3.63, 3.8) is 0 Å².